The number of hydrogen-bond donors (Lipinski definition) is 1. The molecule has 1 aliphatic rings. The van der Waals surface area contributed by atoms with Crippen molar-refractivity contribution < 1.29 is 4.79 Å². The summed E-state index contributed by atoms with van der Waals surface area (Å²) in [6.45, 7) is 0. The van der Waals surface area contributed by atoms with Gasteiger partial charge >= 0.3 is 0 Å². The number of fused-ring (bicyclic) bond motifs is 3. The van der Waals surface area contributed by atoms with Crippen LogP contribution < -0.4 is 10.6 Å². The summed E-state index contributed by atoms with van der Waals surface area (Å²) in [5, 5.41) is 1.94. The number of hydrogen-bond acceptors (Lipinski definition) is 7. The normalized spacial score (nSPS) is 16.1. The van der Waals surface area contributed by atoms with Gasteiger partial charge in [0.15, 0.2) is 5.16 Å². The Morgan fingerprint density at radius 2 is 1.35 bits per heavy atom. The molecule has 0 saturated carbocycles. The van der Waals surface area contributed by atoms with E-state index in [9.17, 15) is 4.79 Å². The van der Waals surface area contributed by atoms with Gasteiger partial charge in [-0.1, -0.05) is 109 Å². The van der Waals surface area contributed by atoms with Crippen molar-refractivity contribution in [2.24, 2.45) is 0 Å². The lowest BCUT2D eigenvalue weighted by Gasteiger charge is -2.30. The first-order valence-corrected chi connectivity index (χ1v) is 16.8. The van der Waals surface area contributed by atoms with Crippen molar-refractivity contribution in [3.05, 3.63) is 143 Å². The molecular weight excluding hydrogens is 589 g/mol. The summed E-state index contributed by atoms with van der Waals surface area (Å²) >= 11 is 5.01. The number of carbonyl (C=O) groups is 1. The number of thioether (sulfide) groups is 2. The molecule has 0 spiro atoms. The second-order valence-corrected chi connectivity index (χ2v) is 13.5. The number of anilines is 3. The third kappa shape index (κ3) is 5.66. The Labute approximate surface area is 263 Å². The molecule has 2 unspecified atom stereocenters. The van der Waals surface area contributed by atoms with Gasteiger partial charge in [-0.2, -0.15) is 0 Å². The van der Waals surface area contributed by atoms with Crippen molar-refractivity contribution in [1.82, 2.24) is 9.97 Å². The zero-order valence-corrected chi connectivity index (χ0v) is 25.6. The second kappa shape index (κ2) is 12.2. The van der Waals surface area contributed by atoms with Gasteiger partial charge in [-0.25, -0.2) is 9.97 Å². The molecule has 2 aromatic heterocycles. The smallest absolute Gasteiger partial charge is 0.242 e. The lowest BCUT2D eigenvalue weighted by molar-refractivity contribution is -0.115. The van der Waals surface area contributed by atoms with E-state index in [1.807, 2.05) is 72.4 Å². The van der Waals surface area contributed by atoms with Gasteiger partial charge in [0.25, 0.3) is 0 Å². The zero-order chi connectivity index (χ0) is 29.2. The maximum Gasteiger partial charge on any atom is 0.242 e. The number of nitrogen functional groups attached to an aromatic ring is 1. The van der Waals surface area contributed by atoms with Gasteiger partial charge in [-0.15, -0.1) is 23.1 Å². The predicted molar refractivity (Wildman–Crippen MR) is 181 cm³/mol. The van der Waals surface area contributed by atoms with Crippen LogP contribution in [0.4, 0.5) is 17.2 Å². The van der Waals surface area contributed by atoms with Crippen LogP contribution in [0.3, 0.4) is 0 Å². The van der Waals surface area contributed by atoms with Crippen LogP contribution in [-0.4, -0.2) is 21.6 Å². The van der Waals surface area contributed by atoms with Crippen LogP contribution in [0.25, 0.3) is 10.2 Å². The number of nitrogens with two attached hydrogens (primary N) is 1. The van der Waals surface area contributed by atoms with Gasteiger partial charge < -0.3 is 5.73 Å². The van der Waals surface area contributed by atoms with E-state index in [-0.39, 0.29) is 16.9 Å². The third-order valence-electron chi connectivity index (χ3n) is 7.49. The lowest BCUT2D eigenvalue weighted by atomic mass is 9.98. The number of para-hydroxylation sites is 2. The van der Waals surface area contributed by atoms with Gasteiger partial charge in [0.2, 0.25) is 5.91 Å². The number of aromatic nitrogens is 2. The quantitative estimate of drug-likeness (QED) is 0.143. The molecule has 0 bridgehead atoms. The molecule has 0 saturated heterocycles. The molecule has 8 heteroatoms. The van der Waals surface area contributed by atoms with Crippen LogP contribution in [0.2, 0.25) is 0 Å². The van der Waals surface area contributed by atoms with Gasteiger partial charge in [-0.3, -0.25) is 9.69 Å². The van der Waals surface area contributed by atoms with Crippen LogP contribution in [-0.2, 0) is 11.2 Å². The van der Waals surface area contributed by atoms with Gasteiger partial charge in [-0.05, 0) is 47.4 Å². The summed E-state index contributed by atoms with van der Waals surface area (Å²) in [4.78, 5) is 27.2. The number of rotatable bonds is 7. The minimum Gasteiger partial charge on any atom is -0.383 e. The van der Waals surface area contributed by atoms with E-state index in [0.717, 1.165) is 28.0 Å². The summed E-state index contributed by atoms with van der Waals surface area (Å²) in [6.07, 6.45) is 0.870. The van der Waals surface area contributed by atoms with Crippen LogP contribution in [0.1, 0.15) is 32.1 Å². The Morgan fingerprint density at radius 1 is 0.791 bits per heavy atom. The van der Waals surface area contributed by atoms with E-state index in [4.69, 9.17) is 15.7 Å². The molecule has 2 N–H and O–H groups in total. The molecule has 3 heterocycles. The summed E-state index contributed by atoms with van der Waals surface area (Å²) in [5.74, 6) is 0.602. The minimum absolute atomic E-state index is 0.0543. The molecule has 5 nitrogen and oxygen atoms in total. The van der Waals surface area contributed by atoms with Crippen molar-refractivity contribution in [2.45, 2.75) is 22.1 Å². The Balaban J connectivity index is 1.21. The van der Waals surface area contributed by atoms with Crippen molar-refractivity contribution in [3.63, 3.8) is 0 Å². The monoisotopic (exact) mass is 616 g/mol. The van der Waals surface area contributed by atoms with E-state index in [1.165, 1.54) is 33.3 Å². The largest absolute Gasteiger partial charge is 0.383 e. The van der Waals surface area contributed by atoms with E-state index < -0.39 is 0 Å². The Morgan fingerprint density at radius 3 is 1.95 bits per heavy atom. The van der Waals surface area contributed by atoms with E-state index in [2.05, 4.69) is 60.7 Å². The van der Waals surface area contributed by atoms with Gasteiger partial charge in [0.05, 0.1) is 16.4 Å². The van der Waals surface area contributed by atoms with E-state index in [1.54, 1.807) is 16.2 Å². The molecule has 0 fully saturated rings. The fourth-order valence-corrected chi connectivity index (χ4v) is 9.30. The van der Waals surface area contributed by atoms with Crippen LogP contribution >= 0.6 is 34.9 Å². The number of thiophene rings is 1. The Bertz CT molecular complexity index is 1830. The number of amides is 1. The molecule has 7 rings (SSSR count). The SMILES string of the molecule is Nc1nc(SCC(=O)N(c2ccccc2)c2ccccc2)nc2sc3c(c12)CC(c1ccccc1)SC3c1ccccc1. The molecule has 6 aromatic rings. The van der Waals surface area contributed by atoms with Crippen LogP contribution in [0.15, 0.2) is 126 Å². The first-order chi connectivity index (χ1) is 21.2. The lowest BCUT2D eigenvalue weighted by Crippen LogP contribution is -2.27. The highest BCUT2D eigenvalue weighted by molar-refractivity contribution is 8.00. The summed E-state index contributed by atoms with van der Waals surface area (Å²) in [5.41, 5.74) is 12.1. The standard InChI is InChI=1S/C35H28N4OS3/c36-33-30-27-21-28(23-13-5-1-6-14-23)42-31(24-15-7-2-8-16-24)32(27)43-34(30)38-35(37-33)41-22-29(40)39(25-17-9-3-10-18-25)26-19-11-4-12-20-26/h1-20,28,31H,21-22H2,(H2,36,37,38). The Hall–Kier alpha value is -4.11. The average Bonchev–Trinajstić information content (AvgIpc) is 3.44. The fraction of sp³-hybridized carbons (Fsp3) is 0.114. The Kier molecular flexibility index (Phi) is 7.89. The van der Waals surface area contributed by atoms with Crippen molar-refractivity contribution >= 4 is 68.2 Å². The highest BCUT2D eigenvalue weighted by atomic mass is 32.2. The number of carbonyl (C=O) groups excluding carboxylic acids is 1. The molecule has 0 aliphatic carbocycles. The molecule has 4 aromatic carbocycles. The van der Waals surface area contributed by atoms with Crippen molar-refractivity contribution in [1.29, 1.82) is 0 Å². The molecule has 1 aliphatic heterocycles. The maximum atomic E-state index is 13.6. The summed E-state index contributed by atoms with van der Waals surface area (Å²) < 4.78 is 0. The average molecular weight is 617 g/mol. The molecule has 0 radical (unpaired) electrons. The van der Waals surface area contributed by atoms with Crippen molar-refractivity contribution in [2.75, 3.05) is 16.4 Å². The van der Waals surface area contributed by atoms with E-state index in [0.29, 0.717) is 16.2 Å². The third-order valence-corrected chi connectivity index (χ3v) is 11.2. The number of nitrogens with zero attached hydrogens (tertiary/aromatic N) is 3. The van der Waals surface area contributed by atoms with Crippen molar-refractivity contribution in [3.8, 4) is 0 Å². The molecule has 2 atom stereocenters. The second-order valence-electron chi connectivity index (χ2n) is 10.2. The van der Waals surface area contributed by atoms with Gasteiger partial charge in [0.1, 0.15) is 10.6 Å². The topological polar surface area (TPSA) is 72.1 Å². The highest BCUT2D eigenvalue weighted by Crippen LogP contribution is 2.55. The van der Waals surface area contributed by atoms with Gasteiger partial charge in [0, 0.05) is 21.5 Å². The predicted octanol–water partition coefficient (Wildman–Crippen LogP) is 8.85. The molecular formula is C35H28N4OS3. The summed E-state index contributed by atoms with van der Waals surface area (Å²) in [7, 11) is 0. The number of benzene rings is 4. The van der Waals surface area contributed by atoms with Crippen LogP contribution in [0, 0.1) is 0 Å². The first-order valence-electron chi connectivity index (χ1n) is 14.1. The maximum absolute atomic E-state index is 13.6. The van der Waals surface area contributed by atoms with E-state index >= 15 is 0 Å². The van der Waals surface area contributed by atoms with Crippen LogP contribution in [0.5, 0.6) is 0 Å². The molecule has 43 heavy (non-hydrogen) atoms. The molecule has 212 valence electrons. The highest BCUT2D eigenvalue weighted by Gasteiger charge is 2.34. The zero-order valence-electron chi connectivity index (χ0n) is 23.2. The fourth-order valence-electron chi connectivity index (χ4n) is 5.53. The minimum atomic E-state index is -0.0543. The first kappa shape index (κ1) is 27.7. The molecule has 1 amide bonds. The summed E-state index contributed by atoms with van der Waals surface area (Å²) in [6, 6.07) is 40.7.